The molecular weight excluding hydrogens is 288 g/mol. The SMILES string of the molecule is CC(C)(O)[C@@H]1COC(=O)[C@H]1C(c1ccccc1)C1CCCCC1. The Labute approximate surface area is 139 Å². The highest BCUT2D eigenvalue weighted by Crippen LogP contribution is 2.48. The molecule has 2 fully saturated rings. The molecule has 1 saturated carbocycles. The smallest absolute Gasteiger partial charge is 0.310 e. The number of hydrogen-bond donors (Lipinski definition) is 1. The molecule has 1 heterocycles. The van der Waals surface area contributed by atoms with E-state index in [9.17, 15) is 9.90 Å². The summed E-state index contributed by atoms with van der Waals surface area (Å²) in [6, 6.07) is 10.4. The minimum Gasteiger partial charge on any atom is -0.465 e. The molecule has 1 aromatic rings. The summed E-state index contributed by atoms with van der Waals surface area (Å²) in [5.74, 6) is 0.161. The number of ether oxygens (including phenoxy) is 1. The summed E-state index contributed by atoms with van der Waals surface area (Å²) in [6.07, 6.45) is 6.11. The Morgan fingerprint density at radius 1 is 1.13 bits per heavy atom. The lowest BCUT2D eigenvalue weighted by molar-refractivity contribution is -0.142. The Bertz CT molecular complexity index is 526. The quantitative estimate of drug-likeness (QED) is 0.857. The lowest BCUT2D eigenvalue weighted by Gasteiger charge is -2.38. The van der Waals surface area contributed by atoms with E-state index in [0.717, 1.165) is 0 Å². The van der Waals surface area contributed by atoms with E-state index in [1.54, 1.807) is 13.8 Å². The van der Waals surface area contributed by atoms with Crippen molar-refractivity contribution in [1.29, 1.82) is 0 Å². The molecule has 1 aliphatic heterocycles. The highest BCUT2D eigenvalue weighted by Gasteiger charge is 2.50. The minimum absolute atomic E-state index is 0.128. The fraction of sp³-hybridized carbons (Fsp3) is 0.650. The first-order valence-electron chi connectivity index (χ1n) is 8.92. The number of benzene rings is 1. The number of hydrogen-bond acceptors (Lipinski definition) is 3. The first-order valence-corrected chi connectivity index (χ1v) is 8.92. The molecule has 1 N–H and O–H groups in total. The molecule has 0 aromatic heterocycles. The van der Waals surface area contributed by atoms with Crippen molar-refractivity contribution in [3.05, 3.63) is 35.9 Å². The van der Waals surface area contributed by atoms with E-state index in [-0.39, 0.29) is 23.7 Å². The largest absolute Gasteiger partial charge is 0.465 e. The van der Waals surface area contributed by atoms with E-state index in [4.69, 9.17) is 4.74 Å². The second-order valence-electron chi connectivity index (χ2n) is 7.75. The van der Waals surface area contributed by atoms with E-state index < -0.39 is 5.60 Å². The van der Waals surface area contributed by atoms with E-state index >= 15 is 0 Å². The summed E-state index contributed by atoms with van der Waals surface area (Å²) in [5, 5.41) is 10.6. The first kappa shape index (κ1) is 16.5. The average Bonchev–Trinajstić information content (AvgIpc) is 2.92. The molecular formula is C20H28O3. The van der Waals surface area contributed by atoms with Crippen molar-refractivity contribution in [3.63, 3.8) is 0 Å². The van der Waals surface area contributed by atoms with Crippen LogP contribution in [0.5, 0.6) is 0 Å². The van der Waals surface area contributed by atoms with Crippen LogP contribution in [0.3, 0.4) is 0 Å². The van der Waals surface area contributed by atoms with Crippen molar-refractivity contribution < 1.29 is 14.6 Å². The maximum absolute atomic E-state index is 12.6. The summed E-state index contributed by atoms with van der Waals surface area (Å²) >= 11 is 0. The Morgan fingerprint density at radius 2 is 1.78 bits per heavy atom. The van der Waals surface area contributed by atoms with Crippen LogP contribution in [0.2, 0.25) is 0 Å². The van der Waals surface area contributed by atoms with Crippen molar-refractivity contribution >= 4 is 5.97 Å². The van der Waals surface area contributed by atoms with Gasteiger partial charge in [-0.1, -0.05) is 49.6 Å². The predicted molar refractivity (Wildman–Crippen MR) is 90.0 cm³/mol. The Morgan fingerprint density at radius 3 is 2.39 bits per heavy atom. The van der Waals surface area contributed by atoms with Gasteiger partial charge in [-0.3, -0.25) is 4.79 Å². The van der Waals surface area contributed by atoms with Crippen LogP contribution < -0.4 is 0 Å². The zero-order valence-corrected chi connectivity index (χ0v) is 14.2. The summed E-state index contributed by atoms with van der Waals surface area (Å²) in [4.78, 5) is 12.6. The van der Waals surface area contributed by atoms with Crippen molar-refractivity contribution in [2.24, 2.45) is 17.8 Å². The van der Waals surface area contributed by atoms with Crippen molar-refractivity contribution in [1.82, 2.24) is 0 Å². The molecule has 0 radical (unpaired) electrons. The first-order chi connectivity index (χ1) is 11.0. The molecule has 3 atom stereocenters. The highest BCUT2D eigenvalue weighted by molar-refractivity contribution is 5.76. The summed E-state index contributed by atoms with van der Waals surface area (Å²) in [7, 11) is 0. The molecule has 1 saturated heterocycles. The third kappa shape index (κ3) is 3.45. The Kier molecular flexibility index (Phi) is 4.77. The molecule has 3 rings (SSSR count). The van der Waals surface area contributed by atoms with Gasteiger partial charge in [0.15, 0.2) is 0 Å². The van der Waals surface area contributed by atoms with E-state index in [1.165, 1.54) is 37.7 Å². The van der Waals surface area contributed by atoms with Crippen LogP contribution in [0.1, 0.15) is 57.4 Å². The monoisotopic (exact) mass is 316 g/mol. The number of aliphatic hydroxyl groups is 1. The van der Waals surface area contributed by atoms with Gasteiger partial charge in [0.05, 0.1) is 18.1 Å². The number of carbonyl (C=O) groups is 1. The van der Waals surface area contributed by atoms with Gasteiger partial charge in [-0.25, -0.2) is 0 Å². The molecule has 1 aliphatic carbocycles. The minimum atomic E-state index is -0.904. The lowest BCUT2D eigenvalue weighted by Crippen LogP contribution is -2.41. The number of carbonyl (C=O) groups excluding carboxylic acids is 1. The zero-order valence-electron chi connectivity index (χ0n) is 14.2. The summed E-state index contributed by atoms with van der Waals surface area (Å²) in [6.45, 7) is 3.94. The van der Waals surface area contributed by atoms with Gasteiger partial charge in [-0.15, -0.1) is 0 Å². The van der Waals surface area contributed by atoms with Gasteiger partial charge in [0.1, 0.15) is 0 Å². The number of esters is 1. The van der Waals surface area contributed by atoms with Crippen LogP contribution in [0, 0.1) is 17.8 Å². The molecule has 3 heteroatoms. The van der Waals surface area contributed by atoms with Gasteiger partial charge in [0, 0.05) is 11.8 Å². The third-order valence-corrected chi connectivity index (χ3v) is 5.75. The fourth-order valence-corrected chi connectivity index (χ4v) is 4.52. The Hall–Kier alpha value is -1.35. The van der Waals surface area contributed by atoms with Crippen LogP contribution in [-0.4, -0.2) is 23.3 Å². The molecule has 0 spiro atoms. The van der Waals surface area contributed by atoms with Gasteiger partial charge in [-0.05, 0) is 38.2 Å². The van der Waals surface area contributed by atoms with Crippen LogP contribution in [0.4, 0.5) is 0 Å². The van der Waals surface area contributed by atoms with Crippen molar-refractivity contribution in [3.8, 4) is 0 Å². The number of rotatable bonds is 4. The molecule has 126 valence electrons. The molecule has 2 aliphatic rings. The van der Waals surface area contributed by atoms with Crippen molar-refractivity contribution in [2.75, 3.05) is 6.61 Å². The summed E-state index contributed by atoms with van der Waals surface area (Å²) < 4.78 is 5.40. The second kappa shape index (κ2) is 6.64. The maximum atomic E-state index is 12.6. The van der Waals surface area contributed by atoms with Gasteiger partial charge in [0.25, 0.3) is 0 Å². The summed E-state index contributed by atoms with van der Waals surface area (Å²) in [5.41, 5.74) is 0.316. The van der Waals surface area contributed by atoms with Gasteiger partial charge in [0.2, 0.25) is 0 Å². The topological polar surface area (TPSA) is 46.5 Å². The molecule has 3 nitrogen and oxygen atoms in total. The lowest BCUT2D eigenvalue weighted by atomic mass is 9.65. The van der Waals surface area contributed by atoms with Crippen molar-refractivity contribution in [2.45, 2.75) is 57.5 Å². The maximum Gasteiger partial charge on any atom is 0.310 e. The fourth-order valence-electron chi connectivity index (χ4n) is 4.52. The van der Waals surface area contributed by atoms with Gasteiger partial charge >= 0.3 is 5.97 Å². The van der Waals surface area contributed by atoms with E-state index in [1.807, 2.05) is 18.2 Å². The third-order valence-electron chi connectivity index (χ3n) is 5.75. The number of cyclic esters (lactones) is 1. The molecule has 23 heavy (non-hydrogen) atoms. The van der Waals surface area contributed by atoms with Crippen LogP contribution in [0.15, 0.2) is 30.3 Å². The van der Waals surface area contributed by atoms with Crippen LogP contribution in [-0.2, 0) is 9.53 Å². The van der Waals surface area contributed by atoms with Crippen LogP contribution >= 0.6 is 0 Å². The Balaban J connectivity index is 1.98. The predicted octanol–water partition coefficient (Wildman–Crippen LogP) is 3.91. The second-order valence-corrected chi connectivity index (χ2v) is 7.75. The van der Waals surface area contributed by atoms with Gasteiger partial charge in [-0.2, -0.15) is 0 Å². The van der Waals surface area contributed by atoms with Gasteiger partial charge < -0.3 is 9.84 Å². The van der Waals surface area contributed by atoms with E-state index in [0.29, 0.717) is 12.5 Å². The molecule has 0 bridgehead atoms. The normalized spacial score (nSPS) is 27.7. The molecule has 0 amide bonds. The van der Waals surface area contributed by atoms with Crippen LogP contribution in [0.25, 0.3) is 0 Å². The van der Waals surface area contributed by atoms with E-state index in [2.05, 4.69) is 12.1 Å². The highest BCUT2D eigenvalue weighted by atomic mass is 16.5. The molecule has 1 aromatic carbocycles. The zero-order chi connectivity index (χ0) is 16.4. The standard InChI is InChI=1S/C20H28O3/c1-20(2,22)16-13-23-19(21)18(16)17(14-9-5-3-6-10-14)15-11-7-4-8-12-15/h3,5-6,9-10,15-18,22H,4,7-8,11-13H2,1-2H3/t16-,17?,18-/m1/s1. The average molecular weight is 316 g/mol. The molecule has 1 unspecified atom stereocenters.